The lowest BCUT2D eigenvalue weighted by molar-refractivity contribution is -0.674. The van der Waals surface area contributed by atoms with Gasteiger partial charge in [0.25, 0.3) is 0 Å². The summed E-state index contributed by atoms with van der Waals surface area (Å²) in [7, 11) is 1.96. The Hall–Kier alpha value is -5.29. The van der Waals surface area contributed by atoms with E-state index in [1.807, 2.05) is 58.9 Å². The molecule has 5 nitrogen and oxygen atoms in total. The molecular formula is C39H36N4O. The van der Waals surface area contributed by atoms with Crippen molar-refractivity contribution >= 4 is 22.7 Å². The Bertz CT molecular complexity index is 1940. The molecule has 2 heterocycles. The summed E-state index contributed by atoms with van der Waals surface area (Å²) in [6, 6.07) is 42.7. The van der Waals surface area contributed by atoms with Crippen LogP contribution in [0.25, 0.3) is 16.8 Å². The molecule has 0 unspecified atom stereocenters. The van der Waals surface area contributed by atoms with E-state index in [2.05, 4.69) is 128 Å². The van der Waals surface area contributed by atoms with Gasteiger partial charge in [-0.3, -0.25) is 0 Å². The van der Waals surface area contributed by atoms with Crippen molar-refractivity contribution in [3.63, 3.8) is 0 Å². The van der Waals surface area contributed by atoms with Crippen molar-refractivity contribution in [3.8, 4) is 28.3 Å². The Morgan fingerprint density at radius 1 is 0.659 bits per heavy atom. The fourth-order valence-corrected chi connectivity index (χ4v) is 5.82. The van der Waals surface area contributed by atoms with Crippen LogP contribution in [0.15, 0.2) is 134 Å². The molecule has 44 heavy (non-hydrogen) atoms. The highest BCUT2D eigenvalue weighted by atomic mass is 16.5. The first-order chi connectivity index (χ1) is 21.3. The smallest absolute Gasteiger partial charge is 0.243 e. The highest BCUT2D eigenvalue weighted by Gasteiger charge is 2.30. The van der Waals surface area contributed by atoms with Crippen LogP contribution in [0.5, 0.6) is 11.5 Å². The van der Waals surface area contributed by atoms with Crippen molar-refractivity contribution < 1.29 is 9.30 Å². The molecule has 0 atom stereocenters. The van der Waals surface area contributed by atoms with E-state index >= 15 is 0 Å². The second-order valence-corrected chi connectivity index (χ2v) is 12.3. The molecule has 5 aromatic carbocycles. The van der Waals surface area contributed by atoms with Crippen molar-refractivity contribution in [1.29, 1.82) is 0 Å². The molecule has 0 N–H and O–H groups in total. The van der Waals surface area contributed by atoms with Crippen molar-refractivity contribution in [1.82, 2.24) is 4.57 Å². The Labute approximate surface area is 259 Å². The summed E-state index contributed by atoms with van der Waals surface area (Å²) in [6.45, 7) is 7.51. The number of nitrogens with zero attached hydrogens (tertiary/aromatic N) is 4. The van der Waals surface area contributed by atoms with Gasteiger partial charge >= 0.3 is 0 Å². The van der Waals surface area contributed by atoms with E-state index in [0.717, 1.165) is 22.9 Å². The van der Waals surface area contributed by atoms with E-state index in [0.29, 0.717) is 6.67 Å². The Morgan fingerprint density at radius 2 is 1.32 bits per heavy atom. The Balaban J connectivity index is 1.24. The normalized spacial score (nSPS) is 12.8. The van der Waals surface area contributed by atoms with E-state index < -0.39 is 0 Å². The minimum atomic E-state index is 0.0307. The lowest BCUT2D eigenvalue weighted by Crippen LogP contribution is -2.25. The van der Waals surface area contributed by atoms with Crippen molar-refractivity contribution in [2.45, 2.75) is 26.2 Å². The highest BCUT2D eigenvalue weighted by molar-refractivity contribution is 5.92. The summed E-state index contributed by atoms with van der Waals surface area (Å²) in [5.41, 5.74) is 9.41. The summed E-state index contributed by atoms with van der Waals surface area (Å²) in [5, 5.41) is 0. The SMILES string of the molecule is C[n+]1[c-]n(-c2cccc(Oc3cccc(N4CN(c5cc(C(C)(C)C)ccc5-c5ccccc5)c5ccccc54)c3)c2)cc1. The molecular weight excluding hydrogens is 540 g/mol. The largest absolute Gasteiger partial charge is 0.458 e. The van der Waals surface area contributed by atoms with Gasteiger partial charge in [-0.2, -0.15) is 0 Å². The lowest BCUT2D eigenvalue weighted by Gasteiger charge is -2.27. The second-order valence-electron chi connectivity index (χ2n) is 12.3. The summed E-state index contributed by atoms with van der Waals surface area (Å²) < 4.78 is 10.3. The molecule has 0 saturated carbocycles. The summed E-state index contributed by atoms with van der Waals surface area (Å²) in [5.74, 6) is 1.57. The number of rotatable bonds is 6. The zero-order chi connectivity index (χ0) is 30.3. The van der Waals surface area contributed by atoms with Crippen LogP contribution in [0.3, 0.4) is 0 Å². The molecule has 1 aliphatic heterocycles. The van der Waals surface area contributed by atoms with E-state index in [4.69, 9.17) is 4.74 Å². The number of benzene rings is 5. The number of fused-ring (bicyclic) bond motifs is 1. The van der Waals surface area contributed by atoms with Gasteiger partial charge in [0.15, 0.2) is 0 Å². The van der Waals surface area contributed by atoms with E-state index in [1.165, 1.54) is 33.8 Å². The van der Waals surface area contributed by atoms with Crippen LogP contribution < -0.4 is 19.1 Å². The minimum absolute atomic E-state index is 0.0307. The molecule has 1 aliphatic rings. The van der Waals surface area contributed by atoms with Gasteiger partial charge in [-0.25, -0.2) is 0 Å². The number of aromatic nitrogens is 2. The van der Waals surface area contributed by atoms with Crippen molar-refractivity contribution in [2.24, 2.45) is 7.05 Å². The van der Waals surface area contributed by atoms with Crippen molar-refractivity contribution in [3.05, 3.63) is 146 Å². The number of aryl methyl sites for hydroxylation is 1. The maximum absolute atomic E-state index is 6.40. The van der Waals surface area contributed by atoms with Crippen molar-refractivity contribution in [2.75, 3.05) is 16.5 Å². The fraction of sp³-hybridized carbons (Fsp3) is 0.154. The topological polar surface area (TPSA) is 24.5 Å². The van der Waals surface area contributed by atoms with Crippen LogP contribution >= 0.6 is 0 Å². The molecule has 6 aromatic rings. The Morgan fingerprint density at radius 3 is 2.00 bits per heavy atom. The predicted octanol–water partition coefficient (Wildman–Crippen LogP) is 9.11. The molecule has 0 radical (unpaired) electrons. The van der Waals surface area contributed by atoms with Crippen LogP contribution in [0.4, 0.5) is 22.7 Å². The number of anilines is 4. The van der Waals surface area contributed by atoms with Gasteiger partial charge in [0.05, 0.1) is 29.8 Å². The van der Waals surface area contributed by atoms with Gasteiger partial charge in [0.1, 0.15) is 18.2 Å². The number of ether oxygens (including phenoxy) is 1. The maximum Gasteiger partial charge on any atom is 0.243 e. The average molecular weight is 577 g/mol. The van der Waals surface area contributed by atoms with Crippen LogP contribution in [-0.2, 0) is 12.5 Å². The second kappa shape index (κ2) is 11.1. The monoisotopic (exact) mass is 576 g/mol. The molecule has 0 fully saturated rings. The number of hydrogen-bond donors (Lipinski definition) is 0. The molecule has 5 heteroatoms. The van der Waals surface area contributed by atoms with Gasteiger partial charge in [-0.05, 0) is 59.0 Å². The van der Waals surface area contributed by atoms with Crippen LogP contribution in [-0.4, -0.2) is 11.2 Å². The molecule has 7 rings (SSSR count). The first-order valence-corrected chi connectivity index (χ1v) is 15.0. The molecule has 0 saturated heterocycles. The third kappa shape index (κ3) is 5.33. The zero-order valence-electron chi connectivity index (χ0n) is 25.6. The zero-order valence-corrected chi connectivity index (χ0v) is 25.6. The number of imidazole rings is 1. The summed E-state index contributed by atoms with van der Waals surface area (Å²) in [6.07, 6.45) is 7.20. The first kappa shape index (κ1) is 27.5. The fourth-order valence-electron chi connectivity index (χ4n) is 5.82. The first-order valence-electron chi connectivity index (χ1n) is 15.0. The molecule has 0 amide bonds. The number of hydrogen-bond acceptors (Lipinski definition) is 3. The van der Waals surface area contributed by atoms with Gasteiger partial charge in [-0.15, -0.1) is 0 Å². The lowest BCUT2D eigenvalue weighted by atomic mass is 9.85. The third-order valence-corrected chi connectivity index (χ3v) is 8.15. The number of para-hydroxylation sites is 2. The van der Waals surface area contributed by atoms with E-state index in [-0.39, 0.29) is 5.41 Å². The third-order valence-electron chi connectivity index (χ3n) is 8.15. The van der Waals surface area contributed by atoms with Crippen LogP contribution in [0, 0.1) is 6.33 Å². The molecule has 0 spiro atoms. The predicted molar refractivity (Wildman–Crippen MR) is 178 cm³/mol. The molecule has 0 aliphatic carbocycles. The van der Waals surface area contributed by atoms with Crippen LogP contribution in [0.2, 0.25) is 0 Å². The highest BCUT2D eigenvalue weighted by Crippen LogP contribution is 2.48. The standard InChI is InChI=1S/C39H36N4O/c1-39(2,3)30-20-21-35(29-12-6-5-7-13-29)38(24-30)43-28-42(36-18-8-9-19-37(36)43)32-15-11-17-34(26-32)44-33-16-10-14-31(25-33)41-23-22-40(4)27-41/h5-26H,28H2,1-4H3. The van der Waals surface area contributed by atoms with E-state index in [1.54, 1.807) is 0 Å². The molecule has 218 valence electrons. The van der Waals surface area contributed by atoms with Gasteiger partial charge < -0.3 is 23.7 Å². The van der Waals surface area contributed by atoms with Gasteiger partial charge in [0.2, 0.25) is 6.33 Å². The minimum Gasteiger partial charge on any atom is -0.458 e. The quantitative estimate of drug-likeness (QED) is 0.146. The van der Waals surface area contributed by atoms with Gasteiger partial charge in [0, 0.05) is 29.7 Å². The van der Waals surface area contributed by atoms with Gasteiger partial charge in [-0.1, -0.05) is 93.6 Å². The molecule has 0 bridgehead atoms. The molecule has 1 aromatic heterocycles. The maximum atomic E-state index is 6.40. The summed E-state index contributed by atoms with van der Waals surface area (Å²) in [4.78, 5) is 4.81. The van der Waals surface area contributed by atoms with E-state index in [9.17, 15) is 0 Å². The average Bonchev–Trinajstić information content (AvgIpc) is 3.65. The summed E-state index contributed by atoms with van der Waals surface area (Å²) >= 11 is 0. The van der Waals surface area contributed by atoms with Crippen LogP contribution in [0.1, 0.15) is 26.3 Å². The Kier molecular flexibility index (Phi) is 6.94.